The molecule has 4 rings (SSSR count). The van der Waals surface area contributed by atoms with Gasteiger partial charge in [0.15, 0.2) is 16.7 Å². The number of hydrogen-bond donors (Lipinski definition) is 0. The normalized spacial score (nSPS) is 11.8. The third-order valence-electron chi connectivity index (χ3n) is 6.05. The lowest BCUT2D eigenvalue weighted by Crippen LogP contribution is -2.12. The number of thioether (sulfide) groups is 1. The van der Waals surface area contributed by atoms with Gasteiger partial charge >= 0.3 is 0 Å². The number of rotatable bonds is 11. The van der Waals surface area contributed by atoms with Gasteiger partial charge in [0.2, 0.25) is 6.54 Å². The van der Waals surface area contributed by atoms with Crippen molar-refractivity contribution in [2.45, 2.75) is 44.7 Å². The maximum absolute atomic E-state index is 11.7. The number of aromatic nitrogens is 3. The van der Waals surface area contributed by atoms with E-state index in [1.54, 1.807) is 0 Å². The second-order valence-corrected chi connectivity index (χ2v) is 10.9. The minimum absolute atomic E-state index is 0.284. The molecule has 0 aliphatic rings. The average Bonchev–Trinajstić information content (AvgIpc) is 3.25. The van der Waals surface area contributed by atoms with Crippen LogP contribution in [0.1, 0.15) is 40.3 Å². The number of nitrogens with zero attached hydrogens (tertiary/aromatic N) is 4. The van der Waals surface area contributed by atoms with Gasteiger partial charge in [-0.15, -0.1) is 10.2 Å². The molecule has 0 radical (unpaired) electrons. The van der Waals surface area contributed by atoms with Crippen LogP contribution >= 0.6 is 27.7 Å². The van der Waals surface area contributed by atoms with Gasteiger partial charge < -0.3 is 9.47 Å². The Labute approximate surface area is 234 Å². The monoisotopic (exact) mass is 596 g/mol. The Morgan fingerprint density at radius 1 is 0.974 bits per heavy atom. The molecule has 1 aromatic heterocycles. The van der Waals surface area contributed by atoms with E-state index in [0.717, 1.165) is 26.9 Å². The number of aryl methyl sites for hydroxylation is 3. The molecule has 38 heavy (non-hydrogen) atoms. The Morgan fingerprint density at radius 2 is 1.74 bits per heavy atom. The van der Waals surface area contributed by atoms with E-state index in [-0.39, 0.29) is 11.5 Å². The molecule has 0 amide bonds. The molecule has 0 fully saturated rings. The zero-order valence-electron chi connectivity index (χ0n) is 21.7. The van der Waals surface area contributed by atoms with E-state index in [1.807, 2.05) is 66.9 Å². The smallest absolute Gasteiger partial charge is 0.220 e. The van der Waals surface area contributed by atoms with Crippen LogP contribution in [0.15, 0.2) is 70.3 Å². The van der Waals surface area contributed by atoms with Gasteiger partial charge in [-0.2, -0.15) is 0 Å². The van der Waals surface area contributed by atoms with Crippen molar-refractivity contribution in [2.24, 2.45) is 0 Å². The van der Waals surface area contributed by atoms with Gasteiger partial charge in [-0.1, -0.05) is 52.0 Å². The fraction of sp³-hybridized carbons (Fsp3) is 0.286. The van der Waals surface area contributed by atoms with Crippen LogP contribution in [-0.2, 0) is 6.61 Å². The first-order valence-corrected chi connectivity index (χ1v) is 13.8. The van der Waals surface area contributed by atoms with Crippen molar-refractivity contribution in [1.82, 2.24) is 14.8 Å². The Bertz CT molecular complexity index is 1430. The predicted molar refractivity (Wildman–Crippen MR) is 152 cm³/mol. The molecule has 0 saturated heterocycles. The maximum Gasteiger partial charge on any atom is 0.220 e. The molecule has 3 aromatic carbocycles. The molecule has 1 heterocycles. The van der Waals surface area contributed by atoms with Crippen molar-refractivity contribution in [3.05, 3.63) is 103 Å². The Morgan fingerprint density at radius 3 is 2.42 bits per heavy atom. The molecule has 4 aromatic rings. The summed E-state index contributed by atoms with van der Waals surface area (Å²) in [5, 5.41) is 20.4. The summed E-state index contributed by atoms with van der Waals surface area (Å²) >= 11 is 4.75. The molecule has 0 spiro atoms. The molecule has 1 atom stereocenters. The number of halogens is 1. The standard InChI is InChI=1S/C28H29BrN4O4S/c1-5-36-26-15-22(9-13-25(26)37-17-21-7-10-23(29)11-8-21)27(16-32(34)35)38-28-31-30-20(4)33(28)24-12-6-18(2)19(3)14-24/h6-15,27H,5,16-17H2,1-4H3/t27-/m0/s1. The summed E-state index contributed by atoms with van der Waals surface area (Å²) in [4.78, 5) is 11.4. The fourth-order valence-electron chi connectivity index (χ4n) is 3.91. The van der Waals surface area contributed by atoms with Crippen LogP contribution in [0.4, 0.5) is 0 Å². The van der Waals surface area contributed by atoms with Crippen molar-refractivity contribution in [3.63, 3.8) is 0 Å². The molecule has 0 aliphatic heterocycles. The van der Waals surface area contributed by atoms with Crippen molar-refractivity contribution in [2.75, 3.05) is 13.2 Å². The van der Waals surface area contributed by atoms with E-state index in [2.05, 4.69) is 52.1 Å². The minimum Gasteiger partial charge on any atom is -0.490 e. The number of ether oxygens (including phenoxy) is 2. The average molecular weight is 598 g/mol. The molecule has 0 unspecified atom stereocenters. The fourth-order valence-corrected chi connectivity index (χ4v) is 5.34. The summed E-state index contributed by atoms with van der Waals surface area (Å²) in [6.07, 6.45) is 0. The third-order valence-corrected chi connectivity index (χ3v) is 7.76. The lowest BCUT2D eigenvalue weighted by molar-refractivity contribution is -0.479. The Hall–Kier alpha value is -3.37. The number of benzene rings is 3. The predicted octanol–water partition coefficient (Wildman–Crippen LogP) is 7.04. The third kappa shape index (κ3) is 6.73. The lowest BCUT2D eigenvalue weighted by Gasteiger charge is -2.18. The maximum atomic E-state index is 11.7. The molecular weight excluding hydrogens is 568 g/mol. The van der Waals surface area contributed by atoms with Crippen LogP contribution in [0.3, 0.4) is 0 Å². The van der Waals surface area contributed by atoms with Crippen molar-refractivity contribution >= 4 is 27.7 Å². The number of nitro groups is 1. The zero-order chi connectivity index (χ0) is 27.2. The van der Waals surface area contributed by atoms with E-state index in [1.165, 1.54) is 17.3 Å². The van der Waals surface area contributed by atoms with Crippen LogP contribution in [0.5, 0.6) is 11.5 Å². The molecule has 198 valence electrons. The molecule has 8 nitrogen and oxygen atoms in total. The second-order valence-electron chi connectivity index (χ2n) is 8.81. The second kappa shape index (κ2) is 12.4. The van der Waals surface area contributed by atoms with E-state index in [9.17, 15) is 10.1 Å². The summed E-state index contributed by atoms with van der Waals surface area (Å²) in [6, 6.07) is 19.5. The van der Waals surface area contributed by atoms with Gasteiger partial charge in [-0.25, -0.2) is 0 Å². The van der Waals surface area contributed by atoms with Gasteiger partial charge in [0.05, 0.1) is 6.61 Å². The highest BCUT2D eigenvalue weighted by Gasteiger charge is 2.25. The highest BCUT2D eigenvalue weighted by Crippen LogP contribution is 2.40. The summed E-state index contributed by atoms with van der Waals surface area (Å²) in [7, 11) is 0. The summed E-state index contributed by atoms with van der Waals surface area (Å²) < 4.78 is 14.8. The van der Waals surface area contributed by atoms with E-state index in [4.69, 9.17) is 9.47 Å². The molecule has 0 aliphatic carbocycles. The molecule has 0 saturated carbocycles. The Balaban J connectivity index is 1.63. The summed E-state index contributed by atoms with van der Waals surface area (Å²) in [5.41, 5.74) is 5.02. The van der Waals surface area contributed by atoms with E-state index < -0.39 is 5.25 Å². The largest absolute Gasteiger partial charge is 0.490 e. The molecule has 0 bridgehead atoms. The van der Waals surface area contributed by atoms with Crippen molar-refractivity contribution < 1.29 is 14.4 Å². The van der Waals surface area contributed by atoms with Gasteiger partial charge in [0, 0.05) is 15.1 Å². The number of hydrogen-bond acceptors (Lipinski definition) is 7. The summed E-state index contributed by atoms with van der Waals surface area (Å²) in [5.74, 6) is 1.84. The first-order chi connectivity index (χ1) is 18.2. The van der Waals surface area contributed by atoms with Crippen LogP contribution in [-0.4, -0.2) is 32.8 Å². The lowest BCUT2D eigenvalue weighted by atomic mass is 10.1. The highest BCUT2D eigenvalue weighted by molar-refractivity contribution is 9.10. The van der Waals surface area contributed by atoms with Crippen molar-refractivity contribution in [3.8, 4) is 17.2 Å². The van der Waals surface area contributed by atoms with E-state index in [0.29, 0.717) is 35.7 Å². The quantitative estimate of drug-likeness (QED) is 0.104. The first-order valence-electron chi connectivity index (χ1n) is 12.2. The first kappa shape index (κ1) is 27.7. The topological polar surface area (TPSA) is 92.3 Å². The molecule has 0 N–H and O–H groups in total. The Kier molecular flexibility index (Phi) is 9.06. The van der Waals surface area contributed by atoms with Crippen LogP contribution in [0.2, 0.25) is 0 Å². The van der Waals surface area contributed by atoms with E-state index >= 15 is 0 Å². The highest BCUT2D eigenvalue weighted by atomic mass is 79.9. The van der Waals surface area contributed by atoms with Gasteiger partial charge in [-0.05, 0) is 86.3 Å². The van der Waals surface area contributed by atoms with Crippen LogP contribution < -0.4 is 9.47 Å². The van der Waals surface area contributed by atoms with Crippen LogP contribution in [0, 0.1) is 30.9 Å². The molecular formula is C28H29BrN4O4S. The van der Waals surface area contributed by atoms with Crippen LogP contribution in [0.25, 0.3) is 5.69 Å². The van der Waals surface area contributed by atoms with Gasteiger partial charge in [0.25, 0.3) is 0 Å². The van der Waals surface area contributed by atoms with Crippen molar-refractivity contribution in [1.29, 1.82) is 0 Å². The van der Waals surface area contributed by atoms with Gasteiger partial charge in [-0.3, -0.25) is 14.7 Å². The zero-order valence-corrected chi connectivity index (χ0v) is 24.1. The molecule has 10 heteroatoms. The minimum atomic E-state index is -0.515. The van der Waals surface area contributed by atoms with Gasteiger partial charge in [0.1, 0.15) is 17.7 Å². The SMILES string of the molecule is CCOc1cc([C@H](C[N+](=O)[O-])Sc2nnc(C)n2-c2ccc(C)c(C)c2)ccc1OCc1ccc(Br)cc1. The summed E-state index contributed by atoms with van der Waals surface area (Å²) in [6.45, 7) is 8.40.